The lowest BCUT2D eigenvalue weighted by Crippen LogP contribution is -2.35. The van der Waals surface area contributed by atoms with Gasteiger partial charge in [-0.1, -0.05) is 36.4 Å². The Balaban J connectivity index is 1.81. The Bertz CT molecular complexity index is 690. The van der Waals surface area contributed by atoms with Crippen LogP contribution < -0.4 is 4.72 Å². The summed E-state index contributed by atoms with van der Waals surface area (Å²) in [7, 11) is -3.41. The summed E-state index contributed by atoms with van der Waals surface area (Å²) in [5.74, 6) is 0.293. The molecule has 1 aliphatic rings. The van der Waals surface area contributed by atoms with Gasteiger partial charge in [-0.3, -0.25) is 4.98 Å². The molecule has 0 bridgehead atoms. The molecule has 0 saturated carbocycles. The highest BCUT2D eigenvalue weighted by Gasteiger charge is 2.25. The molecule has 6 heteroatoms. The van der Waals surface area contributed by atoms with Crippen molar-refractivity contribution in [1.29, 1.82) is 0 Å². The average Bonchev–Trinajstić information content (AvgIpc) is 2.62. The van der Waals surface area contributed by atoms with E-state index in [9.17, 15) is 8.42 Å². The lowest BCUT2D eigenvalue weighted by Gasteiger charge is -2.24. The number of sulfonamides is 1. The SMILES string of the molecule is O=S(=O)(CC1CCOCC1)NC(c1ccccc1)c1cccnc1. The van der Waals surface area contributed by atoms with E-state index in [1.54, 1.807) is 12.4 Å². The molecule has 128 valence electrons. The van der Waals surface area contributed by atoms with Crippen LogP contribution in [0.4, 0.5) is 0 Å². The van der Waals surface area contributed by atoms with Gasteiger partial charge in [0.2, 0.25) is 10.0 Å². The minimum atomic E-state index is -3.41. The zero-order chi connectivity index (χ0) is 16.8. The Hall–Kier alpha value is -1.76. The molecule has 24 heavy (non-hydrogen) atoms. The first-order chi connectivity index (χ1) is 11.6. The number of hydrogen-bond acceptors (Lipinski definition) is 4. The number of ether oxygens (including phenoxy) is 1. The summed E-state index contributed by atoms with van der Waals surface area (Å²) < 4.78 is 33.5. The van der Waals surface area contributed by atoms with Gasteiger partial charge in [-0.15, -0.1) is 0 Å². The first kappa shape index (κ1) is 17.1. The van der Waals surface area contributed by atoms with Crippen LogP contribution in [0.1, 0.15) is 30.0 Å². The van der Waals surface area contributed by atoms with E-state index < -0.39 is 16.1 Å². The monoisotopic (exact) mass is 346 g/mol. The van der Waals surface area contributed by atoms with Gasteiger partial charge in [-0.25, -0.2) is 13.1 Å². The van der Waals surface area contributed by atoms with Crippen LogP contribution >= 0.6 is 0 Å². The maximum Gasteiger partial charge on any atom is 0.212 e. The van der Waals surface area contributed by atoms with Crippen molar-refractivity contribution in [2.45, 2.75) is 18.9 Å². The molecule has 1 saturated heterocycles. The number of aromatic nitrogens is 1. The summed E-state index contributed by atoms with van der Waals surface area (Å²) in [4.78, 5) is 4.13. The molecule has 2 heterocycles. The van der Waals surface area contributed by atoms with Crippen molar-refractivity contribution in [2.75, 3.05) is 19.0 Å². The first-order valence-corrected chi connectivity index (χ1v) is 9.82. The third-order valence-electron chi connectivity index (χ3n) is 4.24. The lowest BCUT2D eigenvalue weighted by molar-refractivity contribution is 0.0723. The van der Waals surface area contributed by atoms with Crippen molar-refractivity contribution < 1.29 is 13.2 Å². The van der Waals surface area contributed by atoms with E-state index in [0.717, 1.165) is 24.0 Å². The summed E-state index contributed by atoms with van der Waals surface area (Å²) in [6.45, 7) is 1.29. The second kappa shape index (κ2) is 7.88. The quantitative estimate of drug-likeness (QED) is 0.873. The summed E-state index contributed by atoms with van der Waals surface area (Å²) >= 11 is 0. The van der Waals surface area contributed by atoms with Gasteiger partial charge in [-0.2, -0.15) is 0 Å². The number of hydrogen-bond donors (Lipinski definition) is 1. The van der Waals surface area contributed by atoms with Crippen molar-refractivity contribution in [3.05, 3.63) is 66.0 Å². The molecule has 5 nitrogen and oxygen atoms in total. The van der Waals surface area contributed by atoms with Gasteiger partial charge in [0.1, 0.15) is 0 Å². The van der Waals surface area contributed by atoms with Gasteiger partial charge in [0, 0.05) is 25.6 Å². The van der Waals surface area contributed by atoms with E-state index in [4.69, 9.17) is 4.74 Å². The van der Waals surface area contributed by atoms with E-state index in [2.05, 4.69) is 9.71 Å². The molecule has 1 atom stereocenters. The molecular formula is C18H22N2O3S. The minimum Gasteiger partial charge on any atom is -0.381 e. The van der Waals surface area contributed by atoms with E-state index in [1.807, 2.05) is 42.5 Å². The van der Waals surface area contributed by atoms with Crippen LogP contribution in [0.15, 0.2) is 54.9 Å². The lowest BCUT2D eigenvalue weighted by atomic mass is 10.0. The Morgan fingerprint density at radius 2 is 1.79 bits per heavy atom. The fourth-order valence-corrected chi connectivity index (χ4v) is 4.65. The van der Waals surface area contributed by atoms with Crippen molar-refractivity contribution in [2.24, 2.45) is 5.92 Å². The second-order valence-electron chi connectivity index (χ2n) is 6.09. The smallest absolute Gasteiger partial charge is 0.212 e. The van der Waals surface area contributed by atoms with Crippen LogP contribution in [0.3, 0.4) is 0 Å². The molecule has 0 aliphatic carbocycles. The number of pyridine rings is 1. The number of rotatable bonds is 6. The van der Waals surface area contributed by atoms with Crippen molar-refractivity contribution in [1.82, 2.24) is 9.71 Å². The summed E-state index contributed by atoms with van der Waals surface area (Å²) in [5.41, 5.74) is 1.74. The van der Waals surface area contributed by atoms with Gasteiger partial charge in [-0.05, 0) is 36.0 Å². The van der Waals surface area contributed by atoms with Gasteiger partial charge in [0.05, 0.1) is 11.8 Å². The maximum atomic E-state index is 12.7. The number of nitrogens with zero attached hydrogens (tertiary/aromatic N) is 1. The highest BCUT2D eigenvalue weighted by molar-refractivity contribution is 7.89. The Morgan fingerprint density at radius 1 is 1.08 bits per heavy atom. The van der Waals surface area contributed by atoms with E-state index in [1.165, 1.54) is 0 Å². The molecule has 0 amide bonds. The maximum absolute atomic E-state index is 12.7. The topological polar surface area (TPSA) is 68.3 Å². The number of nitrogens with one attached hydrogen (secondary N) is 1. The van der Waals surface area contributed by atoms with Crippen LogP contribution in [-0.2, 0) is 14.8 Å². The Kier molecular flexibility index (Phi) is 5.60. The summed E-state index contributed by atoms with van der Waals surface area (Å²) in [6.07, 6.45) is 4.98. The van der Waals surface area contributed by atoms with E-state index in [-0.39, 0.29) is 11.7 Å². The largest absolute Gasteiger partial charge is 0.381 e. The molecule has 1 aromatic carbocycles. The van der Waals surface area contributed by atoms with Crippen molar-refractivity contribution >= 4 is 10.0 Å². The van der Waals surface area contributed by atoms with Crippen LogP contribution in [-0.4, -0.2) is 32.4 Å². The van der Waals surface area contributed by atoms with Crippen LogP contribution in [0.5, 0.6) is 0 Å². The zero-order valence-corrected chi connectivity index (χ0v) is 14.3. The predicted molar refractivity (Wildman–Crippen MR) is 93.0 cm³/mol. The molecular weight excluding hydrogens is 324 g/mol. The number of benzene rings is 1. The van der Waals surface area contributed by atoms with Crippen LogP contribution in [0.2, 0.25) is 0 Å². The van der Waals surface area contributed by atoms with Crippen LogP contribution in [0, 0.1) is 5.92 Å². The fourth-order valence-electron chi connectivity index (χ4n) is 2.97. The molecule has 1 unspecified atom stereocenters. The average molecular weight is 346 g/mol. The molecule has 1 fully saturated rings. The second-order valence-corrected chi connectivity index (χ2v) is 7.88. The van der Waals surface area contributed by atoms with Gasteiger partial charge in [0.25, 0.3) is 0 Å². The molecule has 1 aliphatic heterocycles. The normalized spacial score (nSPS) is 17.5. The first-order valence-electron chi connectivity index (χ1n) is 8.17. The van der Waals surface area contributed by atoms with Crippen molar-refractivity contribution in [3.8, 4) is 0 Å². The molecule has 2 aromatic rings. The molecule has 0 spiro atoms. The third-order valence-corrected chi connectivity index (χ3v) is 5.75. The Labute approximate surface area is 143 Å². The molecule has 3 rings (SSSR count). The standard InChI is InChI=1S/C18H22N2O3S/c21-24(22,14-15-8-11-23-12-9-15)20-18(16-5-2-1-3-6-16)17-7-4-10-19-13-17/h1-7,10,13,15,18,20H,8-9,11-12,14H2. The minimum absolute atomic E-state index is 0.139. The molecule has 1 N–H and O–H groups in total. The summed E-state index contributed by atoms with van der Waals surface area (Å²) in [5, 5.41) is 0. The molecule has 1 aromatic heterocycles. The fraction of sp³-hybridized carbons (Fsp3) is 0.389. The predicted octanol–water partition coefficient (Wildman–Crippen LogP) is 2.52. The van der Waals surface area contributed by atoms with Gasteiger partial charge >= 0.3 is 0 Å². The highest BCUT2D eigenvalue weighted by atomic mass is 32.2. The Morgan fingerprint density at radius 3 is 2.46 bits per heavy atom. The molecule has 0 radical (unpaired) electrons. The van der Waals surface area contributed by atoms with Gasteiger partial charge < -0.3 is 4.74 Å². The summed E-state index contributed by atoms with van der Waals surface area (Å²) in [6, 6.07) is 12.9. The zero-order valence-electron chi connectivity index (χ0n) is 13.5. The van der Waals surface area contributed by atoms with Crippen molar-refractivity contribution in [3.63, 3.8) is 0 Å². The van der Waals surface area contributed by atoms with Gasteiger partial charge in [0.15, 0.2) is 0 Å². The van der Waals surface area contributed by atoms with Crippen LogP contribution in [0.25, 0.3) is 0 Å². The van der Waals surface area contributed by atoms with E-state index in [0.29, 0.717) is 13.2 Å². The van der Waals surface area contributed by atoms with E-state index >= 15 is 0 Å². The third kappa shape index (κ3) is 4.63. The highest BCUT2D eigenvalue weighted by Crippen LogP contribution is 2.24.